The van der Waals surface area contributed by atoms with Gasteiger partial charge in [-0.25, -0.2) is 0 Å². The number of rotatable bonds is 8. The first-order chi connectivity index (χ1) is 37.2. The highest BCUT2D eigenvalue weighted by Crippen LogP contribution is 2.64. The summed E-state index contributed by atoms with van der Waals surface area (Å²) >= 11 is 0. The minimum absolute atomic E-state index is 0.451. The zero-order chi connectivity index (χ0) is 49.5. The average molecular weight is 952 g/mol. The van der Waals surface area contributed by atoms with E-state index >= 15 is 0 Å². The minimum Gasteiger partial charge on any atom is -0.310 e. The van der Waals surface area contributed by atoms with Crippen LogP contribution < -0.4 is 4.90 Å². The van der Waals surface area contributed by atoms with Crippen molar-refractivity contribution < 1.29 is 0 Å². The van der Waals surface area contributed by atoms with Gasteiger partial charge in [0.1, 0.15) is 0 Å². The fraction of sp³-hybridized carbons (Fsp3) is 0.0270. The van der Waals surface area contributed by atoms with Crippen molar-refractivity contribution in [2.75, 3.05) is 4.90 Å². The van der Waals surface area contributed by atoms with Gasteiger partial charge in [0.15, 0.2) is 0 Å². The molecule has 0 saturated heterocycles. The van der Waals surface area contributed by atoms with E-state index in [0.717, 1.165) is 28.2 Å². The zero-order valence-electron chi connectivity index (χ0n) is 41.2. The largest absolute Gasteiger partial charge is 0.310 e. The highest BCUT2D eigenvalue weighted by atomic mass is 15.1. The molecule has 0 radical (unpaired) electrons. The topological polar surface area (TPSA) is 3.24 Å². The highest BCUT2D eigenvalue weighted by molar-refractivity contribution is 6.01. The molecule has 0 fully saturated rings. The van der Waals surface area contributed by atoms with E-state index in [1.165, 1.54) is 100 Å². The van der Waals surface area contributed by atoms with Crippen molar-refractivity contribution in [3.63, 3.8) is 0 Å². The first-order valence-electron chi connectivity index (χ1n) is 26.2. The molecular formula is C74H49N. The predicted molar refractivity (Wildman–Crippen MR) is 311 cm³/mol. The van der Waals surface area contributed by atoms with Gasteiger partial charge < -0.3 is 4.90 Å². The smallest absolute Gasteiger partial charge is 0.0725 e. The Bertz CT molecular complexity index is 4070. The molecule has 12 aromatic rings. The Morgan fingerprint density at radius 2 is 0.600 bits per heavy atom. The van der Waals surface area contributed by atoms with Crippen LogP contribution in [-0.2, 0) is 10.8 Å². The van der Waals surface area contributed by atoms with Gasteiger partial charge in [-0.05, 0) is 154 Å². The Morgan fingerprint density at radius 1 is 0.200 bits per heavy atom. The quantitative estimate of drug-likeness (QED) is 0.147. The van der Waals surface area contributed by atoms with Crippen molar-refractivity contribution in [2.45, 2.75) is 10.8 Å². The summed E-state index contributed by atoms with van der Waals surface area (Å²) in [6.45, 7) is 0. The first kappa shape index (κ1) is 43.1. The Balaban J connectivity index is 0.997. The van der Waals surface area contributed by atoms with E-state index in [1.807, 2.05) is 0 Å². The number of nitrogens with zero attached hydrogens (tertiary/aromatic N) is 1. The number of fused-ring (bicyclic) bond motifs is 13. The minimum atomic E-state index is -0.560. The molecule has 0 amide bonds. The van der Waals surface area contributed by atoms with Crippen LogP contribution in [-0.4, -0.2) is 0 Å². The monoisotopic (exact) mass is 951 g/mol. The van der Waals surface area contributed by atoms with Crippen LogP contribution in [0.25, 0.3) is 66.8 Å². The van der Waals surface area contributed by atoms with Crippen LogP contribution in [0.5, 0.6) is 0 Å². The van der Waals surface area contributed by atoms with Crippen LogP contribution in [0.4, 0.5) is 17.1 Å². The molecule has 3 aliphatic rings. The molecule has 350 valence electrons. The Morgan fingerprint density at radius 3 is 1.17 bits per heavy atom. The molecule has 1 spiro atoms. The maximum atomic E-state index is 2.50. The van der Waals surface area contributed by atoms with Gasteiger partial charge in [0.25, 0.3) is 0 Å². The summed E-state index contributed by atoms with van der Waals surface area (Å²) in [5.41, 5.74) is 27.4. The lowest BCUT2D eigenvalue weighted by Crippen LogP contribution is -2.28. The SMILES string of the molecule is c1ccc(-c2ccc(N(c3cc(-c4ccccc4)cc(-c4cccc5c4-c4ccccc4C54c5ccccc5-c5ccccc54)c3)c3ccc4c(c3)C(c3ccccc3)(c3ccccc3)c3ccccc3-4)cc2)cc1. The molecule has 12 aromatic carbocycles. The highest BCUT2D eigenvalue weighted by Gasteiger charge is 2.52. The fourth-order valence-corrected chi connectivity index (χ4v) is 13.5. The van der Waals surface area contributed by atoms with E-state index in [4.69, 9.17) is 0 Å². The van der Waals surface area contributed by atoms with Gasteiger partial charge in [-0.3, -0.25) is 0 Å². The lowest BCUT2D eigenvalue weighted by Gasteiger charge is -2.35. The lowest BCUT2D eigenvalue weighted by atomic mass is 9.67. The third-order valence-corrected chi connectivity index (χ3v) is 16.5. The van der Waals surface area contributed by atoms with E-state index in [1.54, 1.807) is 0 Å². The standard InChI is InChI=1S/C74H49N/c1-5-22-50(23-6-1)52-40-42-57(43-41-52)75(58-44-45-64-63-32-13-17-35-66(63)73(71(64)49-58,55-26-9-3-10-27-55)56-28-11-4-12-29-56)59-47-53(51-24-7-2-8-25-51)46-54(48-59)60-34-21-39-70-72(60)65-33-16-20-38-69(65)74(70)67-36-18-14-30-61(67)62-31-15-19-37-68(62)74/h1-49H. The van der Waals surface area contributed by atoms with Crippen molar-refractivity contribution in [1.29, 1.82) is 0 Å². The van der Waals surface area contributed by atoms with Gasteiger partial charge in [0, 0.05) is 17.1 Å². The molecule has 0 atom stereocenters. The molecule has 1 nitrogen and oxygen atoms in total. The summed E-state index contributed by atoms with van der Waals surface area (Å²) in [6, 6.07) is 111. The van der Waals surface area contributed by atoms with Gasteiger partial charge >= 0.3 is 0 Å². The Hall–Kier alpha value is -9.56. The second-order valence-electron chi connectivity index (χ2n) is 20.3. The number of benzene rings is 12. The van der Waals surface area contributed by atoms with E-state index in [-0.39, 0.29) is 0 Å². The second-order valence-corrected chi connectivity index (χ2v) is 20.3. The molecule has 3 aliphatic carbocycles. The summed E-state index contributed by atoms with van der Waals surface area (Å²) < 4.78 is 0. The fourth-order valence-electron chi connectivity index (χ4n) is 13.5. The molecule has 75 heavy (non-hydrogen) atoms. The molecule has 0 unspecified atom stereocenters. The third-order valence-electron chi connectivity index (χ3n) is 16.5. The van der Waals surface area contributed by atoms with Gasteiger partial charge in [-0.15, -0.1) is 0 Å². The lowest BCUT2D eigenvalue weighted by molar-refractivity contribution is 0.768. The maximum Gasteiger partial charge on any atom is 0.0725 e. The number of hydrogen-bond donors (Lipinski definition) is 0. The molecule has 0 heterocycles. The van der Waals surface area contributed by atoms with Crippen LogP contribution in [0.3, 0.4) is 0 Å². The van der Waals surface area contributed by atoms with E-state index in [9.17, 15) is 0 Å². The van der Waals surface area contributed by atoms with Crippen LogP contribution in [0.15, 0.2) is 297 Å². The van der Waals surface area contributed by atoms with Gasteiger partial charge in [-0.2, -0.15) is 0 Å². The molecule has 1 heteroatoms. The maximum absolute atomic E-state index is 2.50. The van der Waals surface area contributed by atoms with Crippen LogP contribution >= 0.6 is 0 Å². The van der Waals surface area contributed by atoms with E-state index in [2.05, 4.69) is 302 Å². The zero-order valence-corrected chi connectivity index (χ0v) is 41.2. The third kappa shape index (κ3) is 6.32. The summed E-state index contributed by atoms with van der Waals surface area (Å²) in [5, 5.41) is 0. The van der Waals surface area contributed by atoms with E-state index < -0.39 is 10.8 Å². The van der Waals surface area contributed by atoms with Crippen molar-refractivity contribution in [1.82, 2.24) is 0 Å². The molecular weight excluding hydrogens is 903 g/mol. The normalized spacial score (nSPS) is 13.5. The van der Waals surface area contributed by atoms with Crippen molar-refractivity contribution in [3.05, 3.63) is 342 Å². The summed E-state index contributed by atoms with van der Waals surface area (Å²) in [4.78, 5) is 2.50. The molecule has 0 N–H and O–H groups in total. The number of hydrogen-bond acceptors (Lipinski definition) is 1. The number of anilines is 3. The first-order valence-corrected chi connectivity index (χ1v) is 26.2. The van der Waals surface area contributed by atoms with Crippen molar-refractivity contribution in [3.8, 4) is 66.8 Å². The molecule has 0 saturated carbocycles. The van der Waals surface area contributed by atoms with Crippen LogP contribution in [0.2, 0.25) is 0 Å². The average Bonchev–Trinajstić information content (AvgIpc) is 4.13. The van der Waals surface area contributed by atoms with Gasteiger partial charge in [-0.1, -0.05) is 255 Å². The second kappa shape index (κ2) is 17.0. The molecule has 0 bridgehead atoms. The molecule has 15 rings (SSSR count). The Kier molecular flexibility index (Phi) is 9.77. The van der Waals surface area contributed by atoms with Gasteiger partial charge in [0.05, 0.1) is 10.8 Å². The van der Waals surface area contributed by atoms with Crippen molar-refractivity contribution in [2.24, 2.45) is 0 Å². The molecule has 0 aliphatic heterocycles. The van der Waals surface area contributed by atoms with Crippen LogP contribution in [0, 0.1) is 0 Å². The Labute approximate surface area is 439 Å². The summed E-state index contributed by atoms with van der Waals surface area (Å²) in [7, 11) is 0. The van der Waals surface area contributed by atoms with Gasteiger partial charge in [0.2, 0.25) is 0 Å². The molecule has 0 aromatic heterocycles. The van der Waals surface area contributed by atoms with E-state index in [0.29, 0.717) is 0 Å². The predicted octanol–water partition coefficient (Wildman–Crippen LogP) is 18.9. The summed E-state index contributed by atoms with van der Waals surface area (Å²) in [6.07, 6.45) is 0. The summed E-state index contributed by atoms with van der Waals surface area (Å²) in [5.74, 6) is 0. The van der Waals surface area contributed by atoms with Crippen LogP contribution in [0.1, 0.15) is 44.5 Å². The van der Waals surface area contributed by atoms with Crippen molar-refractivity contribution >= 4 is 17.1 Å².